The Morgan fingerprint density at radius 2 is 2.03 bits per heavy atom. The molecule has 0 atom stereocenters. The topological polar surface area (TPSA) is 109 Å². The quantitative estimate of drug-likeness (QED) is 0.593. The van der Waals surface area contributed by atoms with Crippen molar-refractivity contribution in [1.82, 2.24) is 30.0 Å². The Hall–Kier alpha value is -3.11. The summed E-state index contributed by atoms with van der Waals surface area (Å²) in [6, 6.07) is 5.87. The van der Waals surface area contributed by atoms with Crippen LogP contribution in [0.25, 0.3) is 22.6 Å². The van der Waals surface area contributed by atoms with E-state index in [0.29, 0.717) is 31.9 Å². The molecular formula is C24H32N6O4. The molecule has 1 amide bonds. The number of morpholine rings is 1. The molecule has 182 valence electrons. The Morgan fingerprint density at radius 3 is 2.82 bits per heavy atom. The first-order valence-electron chi connectivity index (χ1n) is 11.8. The van der Waals surface area contributed by atoms with Crippen molar-refractivity contribution in [2.45, 2.75) is 39.3 Å². The number of H-pyrrole nitrogens is 2. The van der Waals surface area contributed by atoms with Gasteiger partial charge in [0.1, 0.15) is 23.7 Å². The molecule has 3 aromatic rings. The van der Waals surface area contributed by atoms with Gasteiger partial charge in [-0.25, -0.2) is 9.78 Å². The Balaban J connectivity index is 1.29. The number of carbonyl (C=O) groups excluding carboxylic acids is 1. The fraction of sp³-hybridized carbons (Fsp3) is 0.542. The molecule has 10 nitrogen and oxygen atoms in total. The molecule has 2 N–H and O–H groups in total. The van der Waals surface area contributed by atoms with E-state index in [1.807, 2.05) is 39.0 Å². The molecule has 0 saturated carbocycles. The van der Waals surface area contributed by atoms with E-state index < -0.39 is 5.60 Å². The lowest BCUT2D eigenvalue weighted by Crippen LogP contribution is -2.39. The van der Waals surface area contributed by atoms with Crippen LogP contribution in [0.4, 0.5) is 4.79 Å². The zero-order chi connectivity index (χ0) is 23.7. The lowest BCUT2D eigenvalue weighted by atomic mass is 10.1. The predicted molar refractivity (Wildman–Crippen MR) is 127 cm³/mol. The number of nitrogens with zero attached hydrogens (tertiary/aromatic N) is 4. The molecule has 1 aromatic carbocycles. The third-order valence-corrected chi connectivity index (χ3v) is 6.04. The second-order valence-corrected chi connectivity index (χ2v) is 9.75. The highest BCUT2D eigenvalue weighted by Gasteiger charge is 2.29. The molecule has 1 fully saturated rings. The van der Waals surface area contributed by atoms with Gasteiger partial charge in [0.2, 0.25) is 0 Å². The average molecular weight is 469 g/mol. The maximum Gasteiger partial charge on any atom is 0.410 e. The van der Waals surface area contributed by atoms with Crippen LogP contribution in [0, 0.1) is 0 Å². The van der Waals surface area contributed by atoms with Gasteiger partial charge in [-0.05, 0) is 32.9 Å². The number of fused-ring (bicyclic) bond motifs is 2. The van der Waals surface area contributed by atoms with Crippen LogP contribution in [0.3, 0.4) is 0 Å². The first-order chi connectivity index (χ1) is 16.4. The summed E-state index contributed by atoms with van der Waals surface area (Å²) in [5.41, 5.74) is 3.93. The van der Waals surface area contributed by atoms with Crippen LogP contribution in [0.2, 0.25) is 0 Å². The Bertz CT molecular complexity index is 1160. The summed E-state index contributed by atoms with van der Waals surface area (Å²) in [4.78, 5) is 24.8. The molecule has 34 heavy (non-hydrogen) atoms. The Morgan fingerprint density at radius 1 is 1.21 bits per heavy atom. The summed E-state index contributed by atoms with van der Waals surface area (Å²) in [6.07, 6.45) is 0.386. The largest absolute Gasteiger partial charge is 0.492 e. The molecule has 5 rings (SSSR count). The number of hydrogen-bond donors (Lipinski definition) is 2. The number of hydrogen-bond acceptors (Lipinski definition) is 7. The second kappa shape index (κ2) is 9.27. The maximum atomic E-state index is 12.6. The number of aromatic nitrogens is 4. The SMILES string of the molecule is CC(C)(C)OC(=O)N1CCc2[nH]nc(-c3nc4cc(OCCN5CCOCC5)ccc4[nH]3)c2C1. The van der Waals surface area contributed by atoms with E-state index in [0.717, 1.165) is 66.6 Å². The van der Waals surface area contributed by atoms with Crippen molar-refractivity contribution in [3.05, 3.63) is 29.5 Å². The summed E-state index contributed by atoms with van der Waals surface area (Å²) >= 11 is 0. The normalized spacial score (nSPS) is 17.1. The van der Waals surface area contributed by atoms with Gasteiger partial charge in [0, 0.05) is 49.9 Å². The smallest absolute Gasteiger partial charge is 0.410 e. The van der Waals surface area contributed by atoms with Crippen LogP contribution in [0.15, 0.2) is 18.2 Å². The fourth-order valence-electron chi connectivity index (χ4n) is 4.28. The van der Waals surface area contributed by atoms with E-state index >= 15 is 0 Å². The number of ether oxygens (including phenoxy) is 3. The van der Waals surface area contributed by atoms with Crippen molar-refractivity contribution < 1.29 is 19.0 Å². The summed E-state index contributed by atoms with van der Waals surface area (Å²) < 4.78 is 16.9. The number of nitrogens with one attached hydrogen (secondary N) is 2. The molecule has 0 spiro atoms. The summed E-state index contributed by atoms with van der Waals surface area (Å²) in [7, 11) is 0. The Kier molecular flexibility index (Phi) is 6.18. The van der Waals surface area contributed by atoms with Crippen molar-refractivity contribution in [2.24, 2.45) is 0 Å². The van der Waals surface area contributed by atoms with E-state index in [2.05, 4.69) is 20.1 Å². The van der Waals surface area contributed by atoms with E-state index in [4.69, 9.17) is 19.2 Å². The average Bonchev–Trinajstić information content (AvgIpc) is 3.41. The molecule has 10 heteroatoms. The van der Waals surface area contributed by atoms with Gasteiger partial charge in [0.05, 0.1) is 30.8 Å². The number of benzene rings is 1. The number of rotatable bonds is 5. The molecule has 4 heterocycles. The van der Waals surface area contributed by atoms with Crippen LogP contribution in [0.5, 0.6) is 5.75 Å². The third-order valence-electron chi connectivity index (χ3n) is 6.04. The van der Waals surface area contributed by atoms with Crippen LogP contribution >= 0.6 is 0 Å². The lowest BCUT2D eigenvalue weighted by Gasteiger charge is -2.30. The van der Waals surface area contributed by atoms with Gasteiger partial charge in [0.25, 0.3) is 0 Å². The second-order valence-electron chi connectivity index (χ2n) is 9.75. The van der Waals surface area contributed by atoms with Gasteiger partial charge >= 0.3 is 6.09 Å². The first kappa shape index (κ1) is 22.7. The highest BCUT2D eigenvalue weighted by atomic mass is 16.6. The van der Waals surface area contributed by atoms with E-state index in [-0.39, 0.29) is 6.09 Å². The minimum absolute atomic E-state index is 0.311. The molecule has 1 saturated heterocycles. The number of aromatic amines is 2. The summed E-state index contributed by atoms with van der Waals surface area (Å²) in [5.74, 6) is 1.46. The lowest BCUT2D eigenvalue weighted by molar-refractivity contribution is 0.0224. The van der Waals surface area contributed by atoms with Crippen LogP contribution in [-0.2, 0) is 22.4 Å². The standard InChI is InChI=1S/C24H32N6O4/c1-24(2,3)34-23(31)30-7-6-18-17(15-30)21(28-27-18)22-25-19-5-4-16(14-20(19)26-22)33-13-10-29-8-11-32-12-9-29/h4-5,14H,6-13,15H2,1-3H3,(H,25,26)(H,27,28). The predicted octanol–water partition coefficient (Wildman–Crippen LogP) is 2.96. The molecule has 0 unspecified atom stereocenters. The zero-order valence-electron chi connectivity index (χ0n) is 20.0. The van der Waals surface area contributed by atoms with Crippen molar-refractivity contribution in [2.75, 3.05) is 46.0 Å². The number of imidazole rings is 1. The van der Waals surface area contributed by atoms with Crippen molar-refractivity contribution in [1.29, 1.82) is 0 Å². The zero-order valence-corrected chi connectivity index (χ0v) is 20.0. The van der Waals surface area contributed by atoms with E-state index in [1.165, 1.54) is 0 Å². The molecule has 2 aliphatic heterocycles. The first-order valence-corrected chi connectivity index (χ1v) is 11.8. The maximum absolute atomic E-state index is 12.6. The minimum atomic E-state index is -0.530. The molecule has 0 bridgehead atoms. The summed E-state index contributed by atoms with van der Waals surface area (Å²) in [6.45, 7) is 11.6. The molecule has 2 aromatic heterocycles. The fourth-order valence-corrected chi connectivity index (χ4v) is 4.28. The monoisotopic (exact) mass is 468 g/mol. The van der Waals surface area contributed by atoms with Crippen LogP contribution < -0.4 is 4.74 Å². The van der Waals surface area contributed by atoms with Gasteiger partial charge in [0.15, 0.2) is 5.82 Å². The molecular weight excluding hydrogens is 436 g/mol. The van der Waals surface area contributed by atoms with Gasteiger partial charge < -0.3 is 24.1 Å². The number of carbonyl (C=O) groups is 1. The van der Waals surface area contributed by atoms with Crippen molar-refractivity contribution in [3.8, 4) is 17.3 Å². The summed E-state index contributed by atoms with van der Waals surface area (Å²) in [5, 5.41) is 7.63. The number of amides is 1. The molecule has 0 radical (unpaired) electrons. The van der Waals surface area contributed by atoms with Crippen LogP contribution in [0.1, 0.15) is 32.0 Å². The van der Waals surface area contributed by atoms with Gasteiger partial charge in [-0.15, -0.1) is 0 Å². The van der Waals surface area contributed by atoms with E-state index in [9.17, 15) is 4.79 Å². The highest BCUT2D eigenvalue weighted by Crippen LogP contribution is 2.30. The van der Waals surface area contributed by atoms with Crippen LogP contribution in [-0.4, -0.2) is 87.7 Å². The highest BCUT2D eigenvalue weighted by molar-refractivity contribution is 5.81. The molecule has 0 aliphatic carbocycles. The van der Waals surface area contributed by atoms with E-state index in [1.54, 1.807) is 4.90 Å². The van der Waals surface area contributed by atoms with Gasteiger partial charge in [-0.1, -0.05) is 0 Å². The third kappa shape index (κ3) is 5.02. The van der Waals surface area contributed by atoms with Crippen molar-refractivity contribution >= 4 is 17.1 Å². The molecule has 2 aliphatic rings. The van der Waals surface area contributed by atoms with Crippen molar-refractivity contribution in [3.63, 3.8) is 0 Å². The van der Waals surface area contributed by atoms with Gasteiger partial charge in [-0.3, -0.25) is 10.00 Å². The minimum Gasteiger partial charge on any atom is -0.492 e. The van der Waals surface area contributed by atoms with Gasteiger partial charge in [-0.2, -0.15) is 5.10 Å². The Labute approximate surface area is 198 Å².